The van der Waals surface area contributed by atoms with E-state index >= 15 is 8.78 Å². The third-order valence-corrected chi connectivity index (χ3v) is 9.77. The number of nitrogens with two attached hydrogens (primary N) is 1. The SMILES string of the molecule is CCCCCC(C)(CCCC)COc1nc(N2CCOCC(O)C2)c2c(C=NC)c(N)c(-c3cc(O)cc4ccc(F)c(CC)c34)c(F)c2n1. The summed E-state index contributed by atoms with van der Waals surface area (Å²) >= 11 is 0. The Morgan fingerprint density at radius 1 is 1.10 bits per heavy atom. The number of anilines is 2. The fourth-order valence-electron chi connectivity index (χ4n) is 7.10. The Morgan fingerprint density at radius 3 is 2.58 bits per heavy atom. The van der Waals surface area contributed by atoms with Crippen molar-refractivity contribution in [1.82, 2.24) is 9.97 Å². The maximum Gasteiger partial charge on any atom is 0.319 e. The van der Waals surface area contributed by atoms with Crippen LogP contribution in [0.15, 0.2) is 29.3 Å². The minimum absolute atomic E-state index is 0.000405. The van der Waals surface area contributed by atoms with E-state index in [4.69, 9.17) is 25.2 Å². The molecular formula is C39H51F2N5O4. The number of aliphatic hydroxyl groups is 1. The lowest BCUT2D eigenvalue weighted by Crippen LogP contribution is -2.34. The number of aliphatic imine (C=N–C) groups is 1. The Bertz CT molecular complexity index is 1850. The molecule has 2 unspecified atom stereocenters. The van der Waals surface area contributed by atoms with Gasteiger partial charge in [0.15, 0.2) is 5.82 Å². The topological polar surface area (TPSA) is 126 Å². The van der Waals surface area contributed by atoms with Crippen LogP contribution in [0.5, 0.6) is 11.8 Å². The van der Waals surface area contributed by atoms with Gasteiger partial charge in [-0.1, -0.05) is 65.9 Å². The lowest BCUT2D eigenvalue weighted by molar-refractivity contribution is 0.0597. The Labute approximate surface area is 293 Å². The highest BCUT2D eigenvalue weighted by Crippen LogP contribution is 2.45. The molecule has 0 aliphatic carbocycles. The predicted molar refractivity (Wildman–Crippen MR) is 198 cm³/mol. The second-order valence-corrected chi connectivity index (χ2v) is 13.8. The van der Waals surface area contributed by atoms with E-state index in [0.717, 1.165) is 44.9 Å². The first-order chi connectivity index (χ1) is 24.0. The summed E-state index contributed by atoms with van der Waals surface area (Å²) in [7, 11) is 1.58. The van der Waals surface area contributed by atoms with E-state index in [-0.39, 0.29) is 52.7 Å². The zero-order chi connectivity index (χ0) is 36.0. The molecule has 3 aromatic carbocycles. The summed E-state index contributed by atoms with van der Waals surface area (Å²) in [4.78, 5) is 15.7. The van der Waals surface area contributed by atoms with E-state index in [9.17, 15) is 10.2 Å². The van der Waals surface area contributed by atoms with Crippen molar-refractivity contribution in [2.75, 3.05) is 50.6 Å². The number of phenolic OH excluding ortho intramolecular Hbond substituents is 1. The van der Waals surface area contributed by atoms with Crippen LogP contribution in [0.3, 0.4) is 0 Å². The highest BCUT2D eigenvalue weighted by molar-refractivity contribution is 6.14. The predicted octanol–water partition coefficient (Wildman–Crippen LogP) is 7.98. The molecule has 0 amide bonds. The number of hydrogen-bond acceptors (Lipinski definition) is 9. The van der Waals surface area contributed by atoms with Crippen LogP contribution < -0.4 is 15.4 Å². The zero-order valence-corrected chi connectivity index (χ0v) is 30.0. The second-order valence-electron chi connectivity index (χ2n) is 13.8. The van der Waals surface area contributed by atoms with Gasteiger partial charge in [-0.25, -0.2) is 8.78 Å². The van der Waals surface area contributed by atoms with Crippen molar-refractivity contribution in [1.29, 1.82) is 0 Å². The molecule has 5 rings (SSSR count). The molecule has 11 heteroatoms. The first-order valence-corrected chi connectivity index (χ1v) is 17.9. The molecule has 2 heterocycles. The quantitative estimate of drug-likeness (QED) is 0.0691. The standard InChI is InChI=1S/C39H51F2N5O4/c1-6-9-11-15-39(4,14-10-7-2)23-50-38-44-36-33(37(45-38)46-16-17-49-22-26(48)21-46)29(20-43-5)35(42)32(34(36)41)28-19-25(47)18-24-12-13-30(40)27(8-3)31(24)28/h12-13,18-20,26,47-48H,6-11,14-17,21-23,42H2,1-5H3. The number of phenols is 1. The number of aryl methyl sites for hydroxylation is 1. The zero-order valence-electron chi connectivity index (χ0n) is 30.0. The fraction of sp³-hybridized carbons (Fsp3) is 0.513. The van der Waals surface area contributed by atoms with Crippen LogP contribution in [0.25, 0.3) is 32.8 Å². The number of β-amino-alcohol motifs (C(OH)–C–C–N with tert-alkyl or cyclic N) is 1. The summed E-state index contributed by atoms with van der Waals surface area (Å²) in [5, 5.41) is 22.8. The summed E-state index contributed by atoms with van der Waals surface area (Å²) in [6, 6.07) is 5.84. The van der Waals surface area contributed by atoms with Gasteiger partial charge in [-0.15, -0.1) is 0 Å². The van der Waals surface area contributed by atoms with Crippen LogP contribution in [0.4, 0.5) is 20.3 Å². The number of hydrogen-bond donors (Lipinski definition) is 3. The van der Waals surface area contributed by atoms with Gasteiger partial charge in [0.2, 0.25) is 0 Å². The van der Waals surface area contributed by atoms with E-state index in [1.807, 2.05) is 11.8 Å². The van der Waals surface area contributed by atoms with Gasteiger partial charge in [-0.3, -0.25) is 4.99 Å². The van der Waals surface area contributed by atoms with Crippen LogP contribution in [-0.4, -0.2) is 72.5 Å². The monoisotopic (exact) mass is 691 g/mol. The van der Waals surface area contributed by atoms with Crippen molar-refractivity contribution in [2.45, 2.75) is 85.2 Å². The van der Waals surface area contributed by atoms with Gasteiger partial charge >= 0.3 is 6.01 Å². The lowest BCUT2D eigenvalue weighted by Gasteiger charge is -2.30. The number of halogens is 2. The van der Waals surface area contributed by atoms with Gasteiger partial charge in [0.05, 0.1) is 37.0 Å². The van der Waals surface area contributed by atoms with Crippen molar-refractivity contribution in [2.24, 2.45) is 10.4 Å². The van der Waals surface area contributed by atoms with Crippen LogP contribution in [0.2, 0.25) is 0 Å². The average molecular weight is 692 g/mol. The van der Waals surface area contributed by atoms with Gasteiger partial charge in [0, 0.05) is 42.9 Å². The molecule has 4 N–H and O–H groups in total. The summed E-state index contributed by atoms with van der Waals surface area (Å²) in [5.41, 5.74) is 7.65. The van der Waals surface area contributed by atoms with Crippen LogP contribution in [-0.2, 0) is 11.2 Å². The van der Waals surface area contributed by atoms with Crippen molar-refractivity contribution < 1.29 is 28.5 Å². The first-order valence-electron chi connectivity index (χ1n) is 17.9. The molecule has 1 fully saturated rings. The number of aliphatic hydroxyl groups excluding tert-OH is 1. The second kappa shape index (κ2) is 16.3. The number of aromatic nitrogens is 2. The number of nitrogen functional groups attached to an aromatic ring is 1. The first kappa shape index (κ1) is 37.2. The third-order valence-electron chi connectivity index (χ3n) is 9.77. The van der Waals surface area contributed by atoms with Crippen molar-refractivity contribution in [3.05, 3.63) is 47.0 Å². The molecule has 4 aromatic rings. The molecule has 1 aromatic heterocycles. The minimum Gasteiger partial charge on any atom is -0.508 e. The van der Waals surface area contributed by atoms with Gasteiger partial charge in [-0.05, 0) is 59.4 Å². The number of rotatable bonds is 14. The number of nitrogens with zero attached hydrogens (tertiary/aromatic N) is 4. The number of benzene rings is 3. The van der Waals surface area contributed by atoms with Crippen molar-refractivity contribution in [3.63, 3.8) is 0 Å². The molecule has 50 heavy (non-hydrogen) atoms. The van der Waals surface area contributed by atoms with Gasteiger partial charge in [0.1, 0.15) is 22.9 Å². The summed E-state index contributed by atoms with van der Waals surface area (Å²) in [6.45, 7) is 9.76. The van der Waals surface area contributed by atoms with E-state index in [1.54, 1.807) is 13.1 Å². The molecule has 0 saturated carbocycles. The van der Waals surface area contributed by atoms with Crippen LogP contribution >= 0.6 is 0 Å². The molecular weight excluding hydrogens is 640 g/mol. The summed E-state index contributed by atoms with van der Waals surface area (Å²) in [5.74, 6) is -0.981. The number of aromatic hydroxyl groups is 1. The molecule has 0 bridgehead atoms. The van der Waals surface area contributed by atoms with Crippen molar-refractivity contribution >= 4 is 39.4 Å². The smallest absolute Gasteiger partial charge is 0.319 e. The van der Waals surface area contributed by atoms with Gasteiger partial charge in [0.25, 0.3) is 0 Å². The largest absolute Gasteiger partial charge is 0.508 e. The molecule has 9 nitrogen and oxygen atoms in total. The maximum atomic E-state index is 17.4. The molecule has 1 saturated heterocycles. The Morgan fingerprint density at radius 2 is 1.86 bits per heavy atom. The van der Waals surface area contributed by atoms with Gasteiger partial charge in [-0.2, -0.15) is 9.97 Å². The molecule has 1 aliphatic heterocycles. The third kappa shape index (κ3) is 7.78. The Balaban J connectivity index is 1.79. The van der Waals surface area contributed by atoms with E-state index < -0.39 is 17.7 Å². The van der Waals surface area contributed by atoms with Crippen LogP contribution in [0, 0.1) is 17.0 Å². The normalized spacial score (nSPS) is 16.7. The Kier molecular flexibility index (Phi) is 12.1. The fourth-order valence-corrected chi connectivity index (χ4v) is 7.10. The van der Waals surface area contributed by atoms with Crippen LogP contribution in [0.1, 0.15) is 83.8 Å². The number of fused-ring (bicyclic) bond motifs is 2. The summed E-state index contributed by atoms with van der Waals surface area (Å²) in [6.07, 6.45) is 8.42. The Hall–Kier alpha value is -4.09. The highest BCUT2D eigenvalue weighted by Gasteiger charge is 2.30. The van der Waals surface area contributed by atoms with E-state index in [1.165, 1.54) is 24.4 Å². The number of ether oxygens (including phenoxy) is 2. The molecule has 0 spiro atoms. The van der Waals surface area contributed by atoms with Gasteiger partial charge < -0.3 is 30.3 Å². The minimum atomic E-state index is -0.812. The van der Waals surface area contributed by atoms with E-state index in [0.29, 0.717) is 59.3 Å². The average Bonchev–Trinajstić information content (AvgIpc) is 3.32. The molecule has 2 atom stereocenters. The van der Waals surface area contributed by atoms with Crippen molar-refractivity contribution in [3.8, 4) is 22.9 Å². The lowest BCUT2D eigenvalue weighted by atomic mass is 9.81. The summed E-state index contributed by atoms with van der Waals surface area (Å²) < 4.78 is 44.7. The molecule has 270 valence electrons. The highest BCUT2D eigenvalue weighted by atomic mass is 19.1. The maximum absolute atomic E-state index is 17.4. The number of unbranched alkanes of at least 4 members (excludes halogenated alkanes) is 3. The molecule has 0 radical (unpaired) electrons. The molecule has 1 aliphatic rings. The van der Waals surface area contributed by atoms with E-state index in [2.05, 4.69) is 25.8 Å².